The second kappa shape index (κ2) is 6.31. The van der Waals surface area contributed by atoms with Crippen LogP contribution in [0.3, 0.4) is 0 Å². The zero-order valence-electron chi connectivity index (χ0n) is 13.4. The topological polar surface area (TPSA) is 62.1 Å². The molecule has 2 aromatic heterocycles. The van der Waals surface area contributed by atoms with Gasteiger partial charge in [0.2, 0.25) is 0 Å². The number of nitrogens with zero attached hydrogens (tertiary/aromatic N) is 4. The van der Waals surface area contributed by atoms with Crippen molar-refractivity contribution >= 4 is 0 Å². The van der Waals surface area contributed by atoms with Crippen molar-refractivity contribution in [3.05, 3.63) is 60.3 Å². The van der Waals surface area contributed by atoms with Crippen molar-refractivity contribution in [3.63, 3.8) is 0 Å². The number of benzene rings is 1. The second-order valence-corrected chi connectivity index (χ2v) is 5.93. The van der Waals surface area contributed by atoms with Gasteiger partial charge < -0.3 is 9.47 Å². The van der Waals surface area contributed by atoms with Gasteiger partial charge in [0.05, 0.1) is 13.7 Å². The summed E-state index contributed by atoms with van der Waals surface area (Å²) in [6.45, 7) is 0.695. The van der Waals surface area contributed by atoms with E-state index < -0.39 is 0 Å². The minimum Gasteiger partial charge on any atom is -0.493 e. The molecule has 4 rings (SSSR count). The number of fused-ring (bicyclic) bond motifs is 1. The molecule has 0 amide bonds. The van der Waals surface area contributed by atoms with E-state index in [1.54, 1.807) is 24.3 Å². The van der Waals surface area contributed by atoms with E-state index >= 15 is 0 Å². The third kappa shape index (κ3) is 2.82. The molecule has 0 aliphatic carbocycles. The predicted molar refractivity (Wildman–Crippen MR) is 88.5 cm³/mol. The molecule has 1 atom stereocenters. The molecule has 3 heterocycles. The monoisotopic (exact) mass is 322 g/mol. The van der Waals surface area contributed by atoms with E-state index in [1.165, 1.54) is 11.1 Å². The first-order chi connectivity index (χ1) is 11.8. The van der Waals surface area contributed by atoms with Crippen LogP contribution in [-0.4, -0.2) is 33.5 Å². The van der Waals surface area contributed by atoms with Crippen LogP contribution < -0.4 is 9.47 Å². The number of hydrogen-bond acceptors (Lipinski definition) is 5. The van der Waals surface area contributed by atoms with E-state index in [0.717, 1.165) is 30.2 Å². The molecule has 3 aromatic rings. The van der Waals surface area contributed by atoms with E-state index in [-0.39, 0.29) is 0 Å². The van der Waals surface area contributed by atoms with Crippen molar-refractivity contribution < 1.29 is 9.47 Å². The Hall–Kier alpha value is -2.89. The summed E-state index contributed by atoms with van der Waals surface area (Å²) in [6.07, 6.45) is 7.12. The fraction of sp³-hybridized carbons (Fsp3) is 0.278. The highest BCUT2D eigenvalue weighted by Crippen LogP contribution is 2.36. The largest absolute Gasteiger partial charge is 0.493 e. The number of hydrogen-bond donors (Lipinski definition) is 0. The molecule has 0 bridgehead atoms. The summed E-state index contributed by atoms with van der Waals surface area (Å²) < 4.78 is 13.1. The summed E-state index contributed by atoms with van der Waals surface area (Å²) in [5.74, 6) is 2.95. The van der Waals surface area contributed by atoms with Gasteiger partial charge in [0.1, 0.15) is 18.5 Å². The minimum absolute atomic E-state index is 0.437. The summed E-state index contributed by atoms with van der Waals surface area (Å²) in [5.41, 5.74) is 2.41. The molecule has 1 aliphatic rings. The lowest BCUT2D eigenvalue weighted by Crippen LogP contribution is -2.23. The van der Waals surface area contributed by atoms with E-state index in [4.69, 9.17) is 9.47 Å². The molecule has 1 unspecified atom stereocenters. The highest BCUT2D eigenvalue weighted by molar-refractivity contribution is 5.47. The second-order valence-electron chi connectivity index (χ2n) is 5.93. The summed E-state index contributed by atoms with van der Waals surface area (Å²) in [4.78, 5) is 4.48. The summed E-state index contributed by atoms with van der Waals surface area (Å²) in [6, 6.07) is 10.1. The molecule has 0 fully saturated rings. The number of rotatable bonds is 4. The quantitative estimate of drug-likeness (QED) is 0.738. The van der Waals surface area contributed by atoms with Gasteiger partial charge in [-0.05, 0) is 36.1 Å². The Kier molecular flexibility index (Phi) is 3.86. The Labute approximate surface area is 140 Å². The van der Waals surface area contributed by atoms with Crippen LogP contribution in [0.5, 0.6) is 11.5 Å². The van der Waals surface area contributed by atoms with Crippen LogP contribution in [0.4, 0.5) is 0 Å². The molecule has 122 valence electrons. The zero-order chi connectivity index (χ0) is 16.4. The molecule has 0 N–H and O–H groups in total. The number of para-hydroxylation sites is 1. The standard InChI is InChI=1S/C18H18N4O2/c1-23-16-4-2-3-15-8-14(10-24-18(15)16)7-13-5-6-17(19-9-13)22-11-20-21-12-22/h2-6,9,11-12,14H,7-8,10H2,1H3. The molecular weight excluding hydrogens is 304 g/mol. The third-order valence-corrected chi connectivity index (χ3v) is 4.27. The molecule has 1 aliphatic heterocycles. The molecule has 24 heavy (non-hydrogen) atoms. The smallest absolute Gasteiger partial charge is 0.164 e. The molecule has 0 saturated heterocycles. The zero-order valence-corrected chi connectivity index (χ0v) is 13.4. The van der Waals surface area contributed by atoms with E-state index in [2.05, 4.69) is 27.3 Å². The number of aromatic nitrogens is 4. The molecule has 6 heteroatoms. The van der Waals surface area contributed by atoms with Gasteiger partial charge in [-0.25, -0.2) is 4.98 Å². The predicted octanol–water partition coefficient (Wildman–Crippen LogP) is 2.46. The lowest BCUT2D eigenvalue weighted by atomic mass is 9.91. The van der Waals surface area contributed by atoms with Crippen LogP contribution in [-0.2, 0) is 12.8 Å². The van der Waals surface area contributed by atoms with Gasteiger partial charge in [-0.1, -0.05) is 18.2 Å². The lowest BCUT2D eigenvalue weighted by molar-refractivity contribution is 0.211. The van der Waals surface area contributed by atoms with Crippen molar-refractivity contribution in [2.75, 3.05) is 13.7 Å². The highest BCUT2D eigenvalue weighted by Gasteiger charge is 2.22. The Morgan fingerprint density at radius 3 is 2.83 bits per heavy atom. The summed E-state index contributed by atoms with van der Waals surface area (Å²) >= 11 is 0. The van der Waals surface area contributed by atoms with Crippen LogP contribution in [0.2, 0.25) is 0 Å². The van der Waals surface area contributed by atoms with Crippen molar-refractivity contribution in [1.82, 2.24) is 19.7 Å². The maximum atomic E-state index is 5.95. The van der Waals surface area contributed by atoms with Crippen molar-refractivity contribution in [1.29, 1.82) is 0 Å². The van der Waals surface area contributed by atoms with Gasteiger partial charge in [0, 0.05) is 12.1 Å². The molecule has 0 radical (unpaired) electrons. The maximum absolute atomic E-state index is 5.95. The minimum atomic E-state index is 0.437. The van der Waals surface area contributed by atoms with Crippen LogP contribution in [0.15, 0.2) is 49.2 Å². The summed E-state index contributed by atoms with van der Waals surface area (Å²) in [7, 11) is 1.67. The molecule has 6 nitrogen and oxygen atoms in total. The van der Waals surface area contributed by atoms with Gasteiger partial charge in [-0.3, -0.25) is 4.57 Å². The van der Waals surface area contributed by atoms with E-state index in [0.29, 0.717) is 12.5 Å². The maximum Gasteiger partial charge on any atom is 0.164 e. The van der Waals surface area contributed by atoms with Crippen LogP contribution >= 0.6 is 0 Å². The fourth-order valence-electron chi connectivity index (χ4n) is 3.09. The molecule has 0 spiro atoms. The molecular formula is C18H18N4O2. The SMILES string of the molecule is COc1cccc2c1OCC(Cc1ccc(-n3cnnc3)nc1)C2. The normalized spacial score (nSPS) is 16.3. The average Bonchev–Trinajstić information content (AvgIpc) is 3.16. The van der Waals surface area contributed by atoms with Crippen LogP contribution in [0.25, 0.3) is 5.82 Å². The van der Waals surface area contributed by atoms with Crippen molar-refractivity contribution in [2.24, 2.45) is 5.92 Å². The first-order valence-corrected chi connectivity index (χ1v) is 7.92. The Balaban J connectivity index is 1.46. The number of methoxy groups -OCH3 is 1. The fourth-order valence-corrected chi connectivity index (χ4v) is 3.09. The molecule has 1 aromatic carbocycles. The lowest BCUT2D eigenvalue weighted by Gasteiger charge is -2.26. The Bertz CT molecular complexity index is 816. The van der Waals surface area contributed by atoms with Gasteiger partial charge in [-0.2, -0.15) is 0 Å². The van der Waals surface area contributed by atoms with E-state index in [9.17, 15) is 0 Å². The average molecular weight is 322 g/mol. The van der Waals surface area contributed by atoms with Gasteiger partial charge in [0.15, 0.2) is 11.5 Å². The Morgan fingerprint density at radius 2 is 2.08 bits per heavy atom. The third-order valence-electron chi connectivity index (χ3n) is 4.27. The van der Waals surface area contributed by atoms with Gasteiger partial charge in [0.25, 0.3) is 0 Å². The van der Waals surface area contributed by atoms with Crippen molar-refractivity contribution in [2.45, 2.75) is 12.8 Å². The van der Waals surface area contributed by atoms with Gasteiger partial charge in [-0.15, -0.1) is 10.2 Å². The first-order valence-electron chi connectivity index (χ1n) is 7.92. The van der Waals surface area contributed by atoms with E-state index in [1.807, 2.05) is 24.4 Å². The summed E-state index contributed by atoms with van der Waals surface area (Å²) in [5, 5.41) is 7.59. The van der Waals surface area contributed by atoms with Crippen LogP contribution in [0, 0.1) is 5.92 Å². The molecule has 0 saturated carbocycles. The van der Waals surface area contributed by atoms with Crippen molar-refractivity contribution in [3.8, 4) is 17.3 Å². The number of pyridine rings is 1. The first kappa shape index (κ1) is 14.7. The highest BCUT2D eigenvalue weighted by atomic mass is 16.5. The van der Waals surface area contributed by atoms with Gasteiger partial charge >= 0.3 is 0 Å². The number of ether oxygens (including phenoxy) is 2. The Morgan fingerprint density at radius 1 is 1.21 bits per heavy atom. The van der Waals surface area contributed by atoms with Crippen LogP contribution in [0.1, 0.15) is 11.1 Å².